The maximum atomic E-state index is 12.7. The molecule has 2 aliphatic rings. The van der Waals surface area contributed by atoms with Crippen molar-refractivity contribution >= 4 is 22.0 Å². The Morgan fingerprint density at radius 1 is 1.14 bits per heavy atom. The van der Waals surface area contributed by atoms with Crippen LogP contribution < -0.4 is 5.32 Å². The summed E-state index contributed by atoms with van der Waals surface area (Å²) in [4.78, 5) is 16.3. The van der Waals surface area contributed by atoms with E-state index < -0.39 is 10.0 Å². The zero-order valence-corrected chi connectivity index (χ0v) is 16.3. The molecule has 4 rings (SSSR count). The van der Waals surface area contributed by atoms with Gasteiger partial charge in [-0.25, -0.2) is 8.42 Å². The van der Waals surface area contributed by atoms with Gasteiger partial charge in [-0.3, -0.25) is 9.78 Å². The number of carbonyl (C=O) groups is 1. The molecule has 0 spiro atoms. The van der Waals surface area contributed by atoms with Gasteiger partial charge in [0.1, 0.15) is 0 Å². The third-order valence-electron chi connectivity index (χ3n) is 5.61. The molecule has 1 aromatic heterocycles. The SMILES string of the molecule is O=C(/C=C/c1cccnc1)NCCC1C2CN(S(=O)(=O)c3ccccc3)CC12. The second kappa shape index (κ2) is 7.85. The van der Waals surface area contributed by atoms with Gasteiger partial charge in [0, 0.05) is 38.1 Å². The predicted molar refractivity (Wildman–Crippen MR) is 107 cm³/mol. The van der Waals surface area contributed by atoms with Crippen LogP contribution in [0, 0.1) is 17.8 Å². The number of sulfonamides is 1. The van der Waals surface area contributed by atoms with Crippen LogP contribution in [0.5, 0.6) is 0 Å². The van der Waals surface area contributed by atoms with E-state index in [0.717, 1.165) is 12.0 Å². The lowest BCUT2D eigenvalue weighted by Crippen LogP contribution is -2.32. The quantitative estimate of drug-likeness (QED) is 0.726. The standard InChI is InChI=1S/C21H23N3O3S/c25-21(9-8-16-5-4-11-22-13-16)23-12-10-18-19-14-24(15-20(18)19)28(26,27)17-6-2-1-3-7-17/h1-9,11,13,18-20H,10,12,14-15H2,(H,23,25)/b9-8+. The minimum absolute atomic E-state index is 0.122. The molecule has 7 heteroatoms. The summed E-state index contributed by atoms with van der Waals surface area (Å²) in [6.07, 6.45) is 7.53. The number of hydrogen-bond donors (Lipinski definition) is 1. The summed E-state index contributed by atoms with van der Waals surface area (Å²) in [5, 5.41) is 2.90. The van der Waals surface area contributed by atoms with E-state index in [1.807, 2.05) is 18.2 Å². The molecule has 146 valence electrons. The van der Waals surface area contributed by atoms with Gasteiger partial charge in [0.05, 0.1) is 4.90 Å². The number of piperidine rings is 1. The number of nitrogens with zero attached hydrogens (tertiary/aromatic N) is 2. The lowest BCUT2D eigenvalue weighted by molar-refractivity contribution is -0.116. The highest BCUT2D eigenvalue weighted by molar-refractivity contribution is 7.89. The van der Waals surface area contributed by atoms with Gasteiger partial charge in [-0.2, -0.15) is 4.31 Å². The van der Waals surface area contributed by atoms with Crippen LogP contribution in [0.4, 0.5) is 0 Å². The minimum atomic E-state index is -3.38. The van der Waals surface area contributed by atoms with Crippen molar-refractivity contribution in [2.45, 2.75) is 11.3 Å². The van der Waals surface area contributed by atoms with E-state index in [1.165, 1.54) is 6.08 Å². The van der Waals surface area contributed by atoms with E-state index in [2.05, 4.69) is 10.3 Å². The Kier molecular flexibility index (Phi) is 5.28. The van der Waals surface area contributed by atoms with E-state index in [1.54, 1.807) is 47.0 Å². The Morgan fingerprint density at radius 2 is 1.89 bits per heavy atom. The molecular formula is C21H23N3O3S. The highest BCUT2D eigenvalue weighted by Crippen LogP contribution is 2.54. The lowest BCUT2D eigenvalue weighted by Gasteiger charge is -2.19. The molecule has 28 heavy (non-hydrogen) atoms. The van der Waals surface area contributed by atoms with Crippen LogP contribution in [0.25, 0.3) is 6.08 Å². The molecule has 2 aromatic rings. The second-order valence-electron chi connectivity index (χ2n) is 7.33. The number of nitrogens with one attached hydrogen (secondary N) is 1. The van der Waals surface area contributed by atoms with E-state index >= 15 is 0 Å². The topological polar surface area (TPSA) is 79.4 Å². The number of hydrogen-bond acceptors (Lipinski definition) is 4. The van der Waals surface area contributed by atoms with Crippen molar-refractivity contribution in [2.24, 2.45) is 17.8 Å². The number of pyridine rings is 1. The van der Waals surface area contributed by atoms with Gasteiger partial charge in [0.15, 0.2) is 0 Å². The van der Waals surface area contributed by atoms with E-state index in [4.69, 9.17) is 0 Å². The van der Waals surface area contributed by atoms with Crippen LogP contribution in [0.15, 0.2) is 65.8 Å². The summed E-state index contributed by atoms with van der Waals surface area (Å²) in [6, 6.07) is 12.3. The largest absolute Gasteiger partial charge is 0.353 e. The van der Waals surface area contributed by atoms with E-state index in [0.29, 0.717) is 42.3 Å². The molecular weight excluding hydrogens is 374 g/mol. The van der Waals surface area contributed by atoms with Crippen molar-refractivity contribution < 1.29 is 13.2 Å². The molecule has 2 heterocycles. The second-order valence-corrected chi connectivity index (χ2v) is 9.26. The average molecular weight is 398 g/mol. The lowest BCUT2D eigenvalue weighted by atomic mass is 10.2. The van der Waals surface area contributed by atoms with Crippen LogP contribution in [0.3, 0.4) is 0 Å². The zero-order valence-electron chi connectivity index (χ0n) is 15.4. The van der Waals surface area contributed by atoms with Crippen molar-refractivity contribution in [1.29, 1.82) is 0 Å². The van der Waals surface area contributed by atoms with E-state index in [-0.39, 0.29) is 5.91 Å². The van der Waals surface area contributed by atoms with Crippen molar-refractivity contribution in [3.8, 4) is 0 Å². The fourth-order valence-corrected chi connectivity index (χ4v) is 5.58. The molecule has 2 fully saturated rings. The number of benzene rings is 1. The fourth-order valence-electron chi connectivity index (χ4n) is 4.04. The Hall–Kier alpha value is -2.51. The summed E-state index contributed by atoms with van der Waals surface area (Å²) < 4.78 is 26.9. The van der Waals surface area contributed by atoms with Crippen LogP contribution >= 0.6 is 0 Å². The third kappa shape index (κ3) is 4.00. The molecule has 2 unspecified atom stereocenters. The van der Waals surface area contributed by atoms with Crippen molar-refractivity contribution in [3.05, 3.63) is 66.5 Å². The molecule has 1 N–H and O–H groups in total. The van der Waals surface area contributed by atoms with Gasteiger partial charge >= 0.3 is 0 Å². The molecule has 1 saturated carbocycles. The maximum absolute atomic E-state index is 12.7. The molecule has 0 bridgehead atoms. The van der Waals surface area contributed by atoms with Crippen LogP contribution in [-0.4, -0.2) is 43.2 Å². The highest BCUT2D eigenvalue weighted by Gasteiger charge is 2.57. The van der Waals surface area contributed by atoms with Crippen molar-refractivity contribution in [1.82, 2.24) is 14.6 Å². The van der Waals surface area contributed by atoms with Crippen LogP contribution in [0.2, 0.25) is 0 Å². The summed E-state index contributed by atoms with van der Waals surface area (Å²) in [5.41, 5.74) is 0.883. The zero-order chi connectivity index (χ0) is 19.6. The number of aromatic nitrogens is 1. The Morgan fingerprint density at radius 3 is 2.57 bits per heavy atom. The van der Waals surface area contributed by atoms with Crippen molar-refractivity contribution in [2.75, 3.05) is 19.6 Å². The number of rotatable bonds is 7. The maximum Gasteiger partial charge on any atom is 0.244 e. The Bertz CT molecular complexity index is 949. The van der Waals surface area contributed by atoms with Gasteiger partial charge in [-0.05, 0) is 54.0 Å². The van der Waals surface area contributed by atoms with Gasteiger partial charge in [0.25, 0.3) is 0 Å². The molecule has 2 atom stereocenters. The summed E-state index contributed by atoms with van der Waals surface area (Å²) in [6.45, 7) is 1.78. The molecule has 1 saturated heterocycles. The molecule has 1 aliphatic heterocycles. The minimum Gasteiger partial charge on any atom is -0.353 e. The number of amides is 1. The summed E-state index contributed by atoms with van der Waals surface area (Å²) >= 11 is 0. The summed E-state index contributed by atoms with van der Waals surface area (Å²) in [5.74, 6) is 1.22. The van der Waals surface area contributed by atoms with Crippen molar-refractivity contribution in [3.63, 3.8) is 0 Å². The van der Waals surface area contributed by atoms with Gasteiger partial charge in [-0.1, -0.05) is 24.3 Å². The van der Waals surface area contributed by atoms with E-state index in [9.17, 15) is 13.2 Å². The molecule has 1 amide bonds. The first-order valence-corrected chi connectivity index (χ1v) is 10.9. The fraction of sp³-hybridized carbons (Fsp3) is 0.333. The molecule has 0 radical (unpaired) electrons. The highest BCUT2D eigenvalue weighted by atomic mass is 32.2. The van der Waals surface area contributed by atoms with Crippen LogP contribution in [0.1, 0.15) is 12.0 Å². The number of carbonyl (C=O) groups excluding carboxylic acids is 1. The van der Waals surface area contributed by atoms with Crippen LogP contribution in [-0.2, 0) is 14.8 Å². The first-order chi connectivity index (χ1) is 13.6. The smallest absolute Gasteiger partial charge is 0.244 e. The summed E-state index contributed by atoms with van der Waals surface area (Å²) in [7, 11) is -3.38. The monoisotopic (exact) mass is 397 g/mol. The predicted octanol–water partition coefficient (Wildman–Crippen LogP) is 2.17. The molecule has 6 nitrogen and oxygen atoms in total. The first kappa shape index (κ1) is 18.8. The van der Waals surface area contributed by atoms with Gasteiger partial charge in [-0.15, -0.1) is 0 Å². The normalized spacial score (nSPS) is 24.2. The Labute approximate surface area is 165 Å². The van der Waals surface area contributed by atoms with Gasteiger partial charge < -0.3 is 5.32 Å². The molecule has 1 aliphatic carbocycles. The number of fused-ring (bicyclic) bond motifs is 1. The Balaban J connectivity index is 1.21. The van der Waals surface area contributed by atoms with Gasteiger partial charge in [0.2, 0.25) is 15.9 Å². The molecule has 1 aromatic carbocycles. The third-order valence-corrected chi connectivity index (χ3v) is 7.45. The first-order valence-electron chi connectivity index (χ1n) is 9.47. The average Bonchev–Trinajstić information content (AvgIpc) is 3.16.